The number of aromatic hydroxyl groups is 1. The molecule has 1 heterocycles. The molecule has 0 unspecified atom stereocenters. The van der Waals surface area contributed by atoms with Gasteiger partial charge in [0.15, 0.2) is 5.78 Å². The fourth-order valence-corrected chi connectivity index (χ4v) is 5.37. The molecule has 0 radical (unpaired) electrons. The van der Waals surface area contributed by atoms with Crippen molar-refractivity contribution in [2.45, 2.75) is 51.3 Å². The summed E-state index contributed by atoms with van der Waals surface area (Å²) in [6, 6.07) is 3.80. The van der Waals surface area contributed by atoms with E-state index in [1.54, 1.807) is 20.8 Å². The summed E-state index contributed by atoms with van der Waals surface area (Å²) >= 11 is 0. The molecule has 3 N–H and O–H groups in total. The number of benzene rings is 1. The minimum atomic E-state index is -3.74. The number of Topliss-reactive ketones (excluding diaryl/α,β-unsaturated/α-hetero) is 1. The third-order valence-electron chi connectivity index (χ3n) is 5.44. The highest BCUT2D eigenvalue weighted by atomic mass is 32.2. The third-order valence-corrected chi connectivity index (χ3v) is 7.48. The van der Waals surface area contributed by atoms with Crippen molar-refractivity contribution >= 4 is 27.4 Å². The number of phenols is 1. The number of anilines is 1. The Balaban J connectivity index is 1.95. The lowest BCUT2D eigenvalue weighted by Crippen LogP contribution is -2.30. The van der Waals surface area contributed by atoms with E-state index in [1.807, 2.05) is 0 Å². The van der Waals surface area contributed by atoms with Crippen LogP contribution in [0.25, 0.3) is 0 Å². The lowest BCUT2D eigenvalue weighted by atomic mass is 10.0. The number of hydrogen-bond acceptors (Lipinski definition) is 5. The molecule has 1 aromatic carbocycles. The standard InChI is InChI=1S/C21H27N3O5S/c1-4-24(5-2)30(28,29)14-10-11-17(25)16(12-14)23-21(27)20-15-8-6-7-9-18(26)19(15)13(3)22-20/h10-12,22,25H,4-9H2,1-3H3,(H,23,27). The number of nitrogens with zero attached hydrogens (tertiary/aromatic N) is 1. The number of aryl methyl sites for hydroxylation is 1. The highest BCUT2D eigenvalue weighted by Gasteiger charge is 2.27. The van der Waals surface area contributed by atoms with E-state index in [0.717, 1.165) is 12.8 Å². The highest BCUT2D eigenvalue weighted by molar-refractivity contribution is 7.89. The van der Waals surface area contributed by atoms with E-state index < -0.39 is 15.9 Å². The molecule has 0 bridgehead atoms. The van der Waals surface area contributed by atoms with Crippen LogP contribution in [0.3, 0.4) is 0 Å². The van der Waals surface area contributed by atoms with Gasteiger partial charge in [-0.25, -0.2) is 8.42 Å². The van der Waals surface area contributed by atoms with Crippen LogP contribution >= 0.6 is 0 Å². The van der Waals surface area contributed by atoms with Crippen LogP contribution in [0.15, 0.2) is 23.1 Å². The van der Waals surface area contributed by atoms with Crippen molar-refractivity contribution in [2.24, 2.45) is 0 Å². The first-order valence-corrected chi connectivity index (χ1v) is 11.5. The number of H-pyrrole nitrogens is 1. The molecule has 30 heavy (non-hydrogen) atoms. The normalized spacial score (nSPS) is 14.5. The number of fused-ring (bicyclic) bond motifs is 1. The fourth-order valence-electron chi connectivity index (χ4n) is 3.88. The average molecular weight is 434 g/mol. The maximum Gasteiger partial charge on any atom is 0.272 e. The predicted molar refractivity (Wildman–Crippen MR) is 114 cm³/mol. The summed E-state index contributed by atoms with van der Waals surface area (Å²) in [6.45, 7) is 5.86. The largest absolute Gasteiger partial charge is 0.506 e. The van der Waals surface area contributed by atoms with Crippen LogP contribution in [0.1, 0.15) is 65.2 Å². The van der Waals surface area contributed by atoms with Gasteiger partial charge in [-0.2, -0.15) is 4.31 Å². The molecular weight excluding hydrogens is 406 g/mol. The first-order chi connectivity index (χ1) is 14.2. The summed E-state index contributed by atoms with van der Waals surface area (Å²) in [7, 11) is -3.74. The minimum Gasteiger partial charge on any atom is -0.506 e. The number of sulfonamides is 1. The Morgan fingerprint density at radius 2 is 1.87 bits per heavy atom. The fraction of sp³-hybridized carbons (Fsp3) is 0.429. The van der Waals surface area contributed by atoms with Crippen molar-refractivity contribution in [3.63, 3.8) is 0 Å². The Morgan fingerprint density at radius 3 is 2.53 bits per heavy atom. The first kappa shape index (κ1) is 22.0. The van der Waals surface area contributed by atoms with Crippen LogP contribution in [-0.4, -0.2) is 47.6 Å². The van der Waals surface area contributed by atoms with Crippen molar-refractivity contribution in [1.29, 1.82) is 0 Å². The van der Waals surface area contributed by atoms with Crippen molar-refractivity contribution in [3.05, 3.63) is 40.7 Å². The average Bonchev–Trinajstić information content (AvgIpc) is 2.90. The van der Waals surface area contributed by atoms with Gasteiger partial charge in [0.25, 0.3) is 5.91 Å². The number of hydrogen-bond donors (Lipinski definition) is 3. The molecule has 0 atom stereocenters. The van der Waals surface area contributed by atoms with Gasteiger partial charge < -0.3 is 15.4 Å². The summed E-state index contributed by atoms with van der Waals surface area (Å²) < 4.78 is 26.8. The maximum atomic E-state index is 13.0. The molecular formula is C21H27N3O5S. The molecule has 0 spiro atoms. The number of aromatic amines is 1. The lowest BCUT2D eigenvalue weighted by molar-refractivity contribution is 0.0980. The minimum absolute atomic E-state index is 0.00539. The second-order valence-corrected chi connectivity index (χ2v) is 9.27. The summed E-state index contributed by atoms with van der Waals surface area (Å²) in [5, 5.41) is 12.8. The molecule has 0 aliphatic heterocycles. The summed E-state index contributed by atoms with van der Waals surface area (Å²) in [4.78, 5) is 28.3. The Morgan fingerprint density at radius 1 is 1.20 bits per heavy atom. The van der Waals surface area contributed by atoms with Crippen molar-refractivity contribution in [1.82, 2.24) is 9.29 Å². The number of nitrogens with one attached hydrogen (secondary N) is 2. The molecule has 0 fully saturated rings. The van der Waals surface area contributed by atoms with Gasteiger partial charge in [-0.15, -0.1) is 0 Å². The number of aromatic nitrogens is 1. The van der Waals surface area contributed by atoms with Gasteiger partial charge in [-0.1, -0.05) is 13.8 Å². The predicted octanol–water partition coefficient (Wildman–Crippen LogP) is 3.22. The second kappa shape index (κ2) is 8.61. The van der Waals surface area contributed by atoms with Gasteiger partial charge >= 0.3 is 0 Å². The smallest absolute Gasteiger partial charge is 0.272 e. The SMILES string of the molecule is CCN(CC)S(=O)(=O)c1ccc(O)c(NC(=O)c2[nH]c(C)c3c2CCCCC3=O)c1. The molecule has 3 rings (SSSR count). The van der Waals surface area contributed by atoms with E-state index >= 15 is 0 Å². The quantitative estimate of drug-likeness (QED) is 0.477. The van der Waals surface area contributed by atoms with Crippen molar-refractivity contribution < 1.29 is 23.1 Å². The molecule has 1 aliphatic rings. The Kier molecular flexibility index (Phi) is 6.33. The van der Waals surface area contributed by atoms with Gasteiger partial charge in [0.1, 0.15) is 11.4 Å². The summed E-state index contributed by atoms with van der Waals surface area (Å²) in [5.74, 6) is -0.750. The monoisotopic (exact) mass is 433 g/mol. The van der Waals surface area contributed by atoms with Gasteiger partial charge in [0.2, 0.25) is 10.0 Å². The molecule has 9 heteroatoms. The molecule has 1 aromatic heterocycles. The van der Waals surface area contributed by atoms with E-state index in [0.29, 0.717) is 42.8 Å². The summed E-state index contributed by atoms with van der Waals surface area (Å²) in [5.41, 5.74) is 2.16. The number of ketones is 1. The third kappa shape index (κ3) is 3.99. The number of carbonyl (C=O) groups is 2. The number of carbonyl (C=O) groups excluding carboxylic acids is 2. The molecule has 2 aromatic rings. The topological polar surface area (TPSA) is 120 Å². The molecule has 0 saturated carbocycles. The van der Waals surface area contributed by atoms with Gasteiger partial charge in [-0.3, -0.25) is 9.59 Å². The van der Waals surface area contributed by atoms with Crippen molar-refractivity contribution in [3.8, 4) is 5.75 Å². The molecule has 1 amide bonds. The highest BCUT2D eigenvalue weighted by Crippen LogP contribution is 2.31. The summed E-state index contributed by atoms with van der Waals surface area (Å²) in [6.07, 6.45) is 2.65. The van der Waals surface area contributed by atoms with E-state index in [2.05, 4.69) is 10.3 Å². The zero-order valence-corrected chi connectivity index (χ0v) is 18.2. The van der Waals surface area contributed by atoms with Gasteiger partial charge in [0.05, 0.1) is 10.6 Å². The van der Waals surface area contributed by atoms with E-state index in [4.69, 9.17) is 0 Å². The Labute approximate surface area is 176 Å². The first-order valence-electron chi connectivity index (χ1n) is 10.1. The number of phenolic OH excluding ortho intramolecular Hbond substituents is 1. The maximum absolute atomic E-state index is 13.0. The van der Waals surface area contributed by atoms with Gasteiger partial charge in [0, 0.05) is 30.8 Å². The number of rotatable bonds is 6. The van der Waals surface area contributed by atoms with Crippen LogP contribution in [0.4, 0.5) is 5.69 Å². The van der Waals surface area contributed by atoms with Crippen molar-refractivity contribution in [2.75, 3.05) is 18.4 Å². The lowest BCUT2D eigenvalue weighted by Gasteiger charge is -2.19. The van der Waals surface area contributed by atoms with Crippen LogP contribution in [0, 0.1) is 6.92 Å². The van der Waals surface area contributed by atoms with E-state index in [9.17, 15) is 23.1 Å². The van der Waals surface area contributed by atoms with Crippen LogP contribution in [0.2, 0.25) is 0 Å². The molecule has 162 valence electrons. The zero-order valence-electron chi connectivity index (χ0n) is 17.4. The molecule has 1 aliphatic carbocycles. The van der Waals surface area contributed by atoms with Crippen LogP contribution < -0.4 is 5.32 Å². The second-order valence-electron chi connectivity index (χ2n) is 7.33. The molecule has 8 nitrogen and oxygen atoms in total. The van der Waals surface area contributed by atoms with Crippen LogP contribution in [-0.2, 0) is 16.4 Å². The van der Waals surface area contributed by atoms with E-state index in [1.165, 1.54) is 22.5 Å². The van der Waals surface area contributed by atoms with Gasteiger partial charge in [-0.05, 0) is 49.9 Å². The Bertz CT molecular complexity index is 1080. The molecule has 0 saturated heterocycles. The number of amides is 1. The Hall–Kier alpha value is -2.65. The zero-order chi connectivity index (χ0) is 22.1. The van der Waals surface area contributed by atoms with E-state index in [-0.39, 0.29) is 27.8 Å². The van der Waals surface area contributed by atoms with Crippen LogP contribution in [0.5, 0.6) is 5.75 Å².